The topological polar surface area (TPSA) is 9.23 Å². The number of hydrogen-bond donors (Lipinski definition) is 0. The molecule has 0 heterocycles. The molecule has 0 unspecified atom stereocenters. The molecule has 1 saturated carbocycles. The number of ether oxygens (including phenoxy) is 1. The summed E-state index contributed by atoms with van der Waals surface area (Å²) in [6.07, 6.45) is 8.38. The van der Waals surface area contributed by atoms with E-state index < -0.39 is 23.3 Å². The SMILES string of the molecule is C=CCCOc1ccc(-c2ccc(-c3ccc(C4CCC(CCC)CC4)c(F)c3F)cc2)c(F)c1F. The summed E-state index contributed by atoms with van der Waals surface area (Å²) >= 11 is 0. The Morgan fingerprint density at radius 3 is 1.94 bits per heavy atom. The highest BCUT2D eigenvalue weighted by Gasteiger charge is 2.26. The lowest BCUT2D eigenvalue weighted by atomic mass is 9.77. The minimum absolute atomic E-state index is 0.0469. The zero-order valence-electron chi connectivity index (χ0n) is 20.6. The minimum atomic E-state index is -1.06. The Labute approximate surface area is 210 Å². The van der Waals surface area contributed by atoms with E-state index in [1.807, 2.05) is 0 Å². The van der Waals surface area contributed by atoms with E-state index in [1.165, 1.54) is 18.6 Å². The van der Waals surface area contributed by atoms with Gasteiger partial charge < -0.3 is 4.74 Å². The summed E-state index contributed by atoms with van der Waals surface area (Å²) in [6, 6.07) is 12.5. The van der Waals surface area contributed by atoms with Gasteiger partial charge in [-0.05, 0) is 72.8 Å². The fourth-order valence-electron chi connectivity index (χ4n) is 5.22. The minimum Gasteiger partial charge on any atom is -0.490 e. The Kier molecular flexibility index (Phi) is 8.50. The number of rotatable bonds is 9. The summed E-state index contributed by atoms with van der Waals surface area (Å²) in [7, 11) is 0. The summed E-state index contributed by atoms with van der Waals surface area (Å²) in [4.78, 5) is 0. The van der Waals surface area contributed by atoms with Crippen molar-refractivity contribution in [1.82, 2.24) is 0 Å². The smallest absolute Gasteiger partial charge is 0.201 e. The maximum absolute atomic E-state index is 15.1. The number of hydrogen-bond acceptors (Lipinski definition) is 1. The maximum Gasteiger partial charge on any atom is 0.201 e. The van der Waals surface area contributed by atoms with Crippen LogP contribution in [0.5, 0.6) is 5.75 Å². The van der Waals surface area contributed by atoms with Crippen molar-refractivity contribution in [2.24, 2.45) is 5.92 Å². The lowest BCUT2D eigenvalue weighted by Crippen LogP contribution is -2.14. The number of benzene rings is 3. The first-order chi connectivity index (χ1) is 17.4. The Morgan fingerprint density at radius 1 is 0.778 bits per heavy atom. The van der Waals surface area contributed by atoms with Crippen LogP contribution in [-0.2, 0) is 0 Å². The van der Waals surface area contributed by atoms with Gasteiger partial charge in [-0.25, -0.2) is 13.2 Å². The van der Waals surface area contributed by atoms with Crippen LogP contribution in [0, 0.1) is 29.2 Å². The third-order valence-corrected chi connectivity index (χ3v) is 7.23. The van der Waals surface area contributed by atoms with Crippen LogP contribution >= 0.6 is 0 Å². The van der Waals surface area contributed by atoms with E-state index in [2.05, 4.69) is 13.5 Å². The van der Waals surface area contributed by atoms with Gasteiger partial charge in [-0.1, -0.05) is 62.2 Å². The van der Waals surface area contributed by atoms with Crippen LogP contribution < -0.4 is 4.74 Å². The molecule has 1 aliphatic rings. The first kappa shape index (κ1) is 26.0. The van der Waals surface area contributed by atoms with Crippen LogP contribution in [0.15, 0.2) is 61.2 Å². The monoisotopic (exact) mass is 496 g/mol. The van der Waals surface area contributed by atoms with Crippen molar-refractivity contribution in [3.8, 4) is 28.0 Å². The Balaban J connectivity index is 1.52. The van der Waals surface area contributed by atoms with Crippen LogP contribution in [0.1, 0.15) is 63.4 Å². The fraction of sp³-hybridized carbons (Fsp3) is 0.355. The predicted octanol–water partition coefficient (Wildman–Crippen LogP) is 9.61. The molecule has 190 valence electrons. The van der Waals surface area contributed by atoms with Gasteiger partial charge in [-0.15, -0.1) is 6.58 Å². The van der Waals surface area contributed by atoms with E-state index in [0.717, 1.165) is 32.1 Å². The molecule has 0 saturated heterocycles. The van der Waals surface area contributed by atoms with E-state index >= 15 is 8.78 Å². The molecule has 0 aromatic heterocycles. The van der Waals surface area contributed by atoms with Crippen LogP contribution in [-0.4, -0.2) is 6.61 Å². The van der Waals surface area contributed by atoms with E-state index in [9.17, 15) is 8.78 Å². The van der Waals surface area contributed by atoms with Gasteiger partial charge in [0.2, 0.25) is 5.82 Å². The highest BCUT2D eigenvalue weighted by atomic mass is 19.2. The van der Waals surface area contributed by atoms with E-state index in [4.69, 9.17) is 4.74 Å². The normalized spacial score (nSPS) is 17.7. The van der Waals surface area contributed by atoms with Crippen molar-refractivity contribution in [3.05, 3.63) is 90.0 Å². The quantitative estimate of drug-likeness (QED) is 0.163. The van der Waals surface area contributed by atoms with Crippen molar-refractivity contribution in [1.29, 1.82) is 0 Å². The molecule has 0 radical (unpaired) electrons. The van der Waals surface area contributed by atoms with Crippen molar-refractivity contribution in [3.63, 3.8) is 0 Å². The molecular formula is C31H32F4O. The van der Waals surface area contributed by atoms with Gasteiger partial charge in [-0.2, -0.15) is 4.39 Å². The average molecular weight is 497 g/mol. The zero-order chi connectivity index (χ0) is 25.7. The molecule has 0 N–H and O–H groups in total. The summed E-state index contributed by atoms with van der Waals surface area (Å²) in [6.45, 7) is 5.95. The maximum atomic E-state index is 15.1. The molecular weight excluding hydrogens is 464 g/mol. The highest BCUT2D eigenvalue weighted by Crippen LogP contribution is 2.40. The van der Waals surface area contributed by atoms with E-state index in [1.54, 1.807) is 42.5 Å². The third kappa shape index (κ3) is 5.50. The molecule has 0 spiro atoms. The van der Waals surface area contributed by atoms with Crippen molar-refractivity contribution < 1.29 is 22.3 Å². The van der Waals surface area contributed by atoms with Crippen molar-refractivity contribution in [2.45, 2.75) is 57.8 Å². The largest absolute Gasteiger partial charge is 0.490 e. The Hall–Kier alpha value is -3.08. The standard InChI is InChI=1S/C31H32F4O/c1-3-5-19-36-27-18-17-26(30(34)31(27)35)23-13-11-22(12-14-23)25-16-15-24(28(32)29(25)33)21-9-7-20(6-4-2)8-10-21/h3,11-18,20-21H,1,4-10,19H2,2H3. The van der Waals surface area contributed by atoms with Crippen molar-refractivity contribution in [2.75, 3.05) is 6.61 Å². The lowest BCUT2D eigenvalue weighted by Gasteiger charge is -2.29. The van der Waals surface area contributed by atoms with Crippen LogP contribution in [0.25, 0.3) is 22.3 Å². The summed E-state index contributed by atoms with van der Waals surface area (Å²) in [5, 5.41) is 0. The summed E-state index contributed by atoms with van der Waals surface area (Å²) in [5.74, 6) is -3.15. The van der Waals surface area contributed by atoms with Gasteiger partial charge in [-0.3, -0.25) is 0 Å². The van der Waals surface area contributed by atoms with Gasteiger partial charge in [0.05, 0.1) is 6.61 Å². The second-order valence-corrected chi connectivity index (χ2v) is 9.58. The first-order valence-corrected chi connectivity index (χ1v) is 12.7. The average Bonchev–Trinajstić information content (AvgIpc) is 2.89. The highest BCUT2D eigenvalue weighted by molar-refractivity contribution is 5.72. The summed E-state index contributed by atoms with van der Waals surface area (Å²) in [5.41, 5.74) is 1.57. The molecule has 0 aliphatic heterocycles. The molecule has 4 rings (SSSR count). The van der Waals surface area contributed by atoms with Crippen molar-refractivity contribution >= 4 is 0 Å². The van der Waals surface area contributed by atoms with Gasteiger partial charge in [0.15, 0.2) is 23.2 Å². The van der Waals surface area contributed by atoms with Gasteiger partial charge >= 0.3 is 0 Å². The lowest BCUT2D eigenvalue weighted by molar-refractivity contribution is 0.302. The molecule has 5 heteroatoms. The van der Waals surface area contributed by atoms with Gasteiger partial charge in [0, 0.05) is 11.1 Å². The van der Waals surface area contributed by atoms with Crippen LogP contribution in [0.4, 0.5) is 17.6 Å². The van der Waals surface area contributed by atoms with E-state index in [-0.39, 0.29) is 29.4 Å². The molecule has 1 nitrogen and oxygen atoms in total. The first-order valence-electron chi connectivity index (χ1n) is 12.7. The van der Waals surface area contributed by atoms with Gasteiger partial charge in [0.25, 0.3) is 0 Å². The van der Waals surface area contributed by atoms with Crippen LogP contribution in [0.3, 0.4) is 0 Å². The number of halogens is 4. The zero-order valence-corrected chi connectivity index (χ0v) is 20.6. The summed E-state index contributed by atoms with van der Waals surface area (Å²) < 4.78 is 64.6. The van der Waals surface area contributed by atoms with Gasteiger partial charge in [0.1, 0.15) is 0 Å². The molecule has 0 atom stereocenters. The van der Waals surface area contributed by atoms with E-state index in [0.29, 0.717) is 29.0 Å². The molecule has 1 aliphatic carbocycles. The molecule has 0 bridgehead atoms. The fourth-order valence-corrected chi connectivity index (χ4v) is 5.22. The second-order valence-electron chi connectivity index (χ2n) is 9.58. The molecule has 36 heavy (non-hydrogen) atoms. The molecule has 1 fully saturated rings. The second kappa shape index (κ2) is 11.8. The molecule has 3 aromatic carbocycles. The third-order valence-electron chi connectivity index (χ3n) is 7.23. The predicted molar refractivity (Wildman–Crippen MR) is 137 cm³/mol. The molecule has 3 aromatic rings. The Bertz CT molecular complexity index is 1190. The molecule has 0 amide bonds. The Morgan fingerprint density at radius 2 is 1.36 bits per heavy atom. The van der Waals surface area contributed by atoms with Crippen LogP contribution in [0.2, 0.25) is 0 Å².